The lowest BCUT2D eigenvalue weighted by molar-refractivity contribution is 0.0659. The molecule has 4 unspecified atom stereocenters. The molecule has 33 heavy (non-hydrogen) atoms. The Balaban J connectivity index is 0.000000696. The minimum absolute atomic E-state index is 0.338. The minimum atomic E-state index is -0.521. The number of unbranched alkanes of at least 4 members (excludes halogenated alkanes) is 1. The van der Waals surface area contributed by atoms with Gasteiger partial charge in [0.05, 0.1) is 17.3 Å². The van der Waals surface area contributed by atoms with Gasteiger partial charge in [-0.1, -0.05) is 44.1 Å². The van der Waals surface area contributed by atoms with Crippen LogP contribution < -0.4 is 0 Å². The summed E-state index contributed by atoms with van der Waals surface area (Å²) in [5, 5.41) is 28.6. The molecule has 0 aromatic heterocycles. The number of fused-ring (bicyclic) bond motifs is 1. The molecule has 0 heterocycles. The molecule has 0 saturated heterocycles. The zero-order valence-electron chi connectivity index (χ0n) is 22.4. The summed E-state index contributed by atoms with van der Waals surface area (Å²) in [7, 11) is 0. The highest BCUT2D eigenvalue weighted by molar-refractivity contribution is 5.37. The predicted molar refractivity (Wildman–Crippen MR) is 140 cm³/mol. The highest BCUT2D eigenvalue weighted by Crippen LogP contribution is 2.58. The minimum Gasteiger partial charge on any atom is -0.391 e. The first-order valence-corrected chi connectivity index (χ1v) is 13.4. The number of allylic oxidation sites excluding steroid dienone is 3. The molecule has 3 N–H and O–H groups in total. The van der Waals surface area contributed by atoms with Crippen molar-refractivity contribution in [3.63, 3.8) is 0 Å². The van der Waals surface area contributed by atoms with Crippen LogP contribution in [0.15, 0.2) is 35.5 Å². The third-order valence-corrected chi connectivity index (χ3v) is 7.99. The number of hydrogen-bond donors (Lipinski definition) is 3. The van der Waals surface area contributed by atoms with E-state index in [1.807, 2.05) is 13.8 Å². The molecule has 0 amide bonds. The molecule has 0 aromatic rings. The average molecular weight is 461 g/mol. The molecule has 0 aliphatic heterocycles. The summed E-state index contributed by atoms with van der Waals surface area (Å²) in [6.07, 6.45) is 18.6. The van der Waals surface area contributed by atoms with Gasteiger partial charge in [-0.15, -0.1) is 0 Å². The van der Waals surface area contributed by atoms with Gasteiger partial charge in [0.1, 0.15) is 0 Å². The fraction of sp³-hybridized carbons (Fsp3) is 0.800. The Hall–Kier alpha value is -0.900. The Bertz CT molecular complexity index is 697. The van der Waals surface area contributed by atoms with Crippen molar-refractivity contribution < 1.29 is 15.3 Å². The molecule has 3 rings (SSSR count). The first-order valence-electron chi connectivity index (χ1n) is 13.4. The maximum absolute atomic E-state index is 10.1. The van der Waals surface area contributed by atoms with Crippen LogP contribution in [0.4, 0.5) is 0 Å². The maximum Gasteiger partial charge on any atom is 0.0787 e. The standard InChI is InChI=1S/C26H42O2.C4H10O/c1-19-20(9-7-12-24(19)27)13-14-21-10-8-18-26(4)22(15-16-23(21)26)11-5-6-17-25(2,3)28;1-4(2,3)5/h13-14,22-24,27-28H,1,5-12,15-18H2,2-4H3;5H,1-3H3/b20-13-,21-14+;. The van der Waals surface area contributed by atoms with E-state index in [-0.39, 0.29) is 6.10 Å². The molecule has 3 aliphatic carbocycles. The van der Waals surface area contributed by atoms with Gasteiger partial charge < -0.3 is 15.3 Å². The highest BCUT2D eigenvalue weighted by Gasteiger charge is 2.48. The van der Waals surface area contributed by atoms with Crippen molar-refractivity contribution in [1.29, 1.82) is 0 Å². The number of rotatable bonds is 6. The summed E-state index contributed by atoms with van der Waals surface area (Å²) < 4.78 is 0. The molecule has 3 fully saturated rings. The Morgan fingerprint density at radius 3 is 2.27 bits per heavy atom. The predicted octanol–water partition coefficient (Wildman–Crippen LogP) is 7.27. The molecule has 0 radical (unpaired) electrons. The van der Waals surface area contributed by atoms with Crippen LogP contribution in [0.5, 0.6) is 0 Å². The highest BCUT2D eigenvalue weighted by atomic mass is 16.3. The second-order valence-electron chi connectivity index (χ2n) is 12.8. The van der Waals surface area contributed by atoms with E-state index in [1.165, 1.54) is 50.5 Å². The molecule has 190 valence electrons. The van der Waals surface area contributed by atoms with E-state index in [4.69, 9.17) is 5.11 Å². The summed E-state index contributed by atoms with van der Waals surface area (Å²) in [6.45, 7) is 15.8. The normalized spacial score (nSPS) is 33.1. The topological polar surface area (TPSA) is 60.7 Å². The van der Waals surface area contributed by atoms with Crippen molar-refractivity contribution in [2.24, 2.45) is 17.3 Å². The van der Waals surface area contributed by atoms with Crippen molar-refractivity contribution in [2.45, 2.75) is 136 Å². The van der Waals surface area contributed by atoms with Crippen LogP contribution in [0.3, 0.4) is 0 Å². The second-order valence-corrected chi connectivity index (χ2v) is 12.8. The number of aliphatic hydroxyl groups excluding tert-OH is 1. The smallest absolute Gasteiger partial charge is 0.0787 e. The first-order chi connectivity index (χ1) is 15.2. The zero-order chi connectivity index (χ0) is 24.9. The first kappa shape index (κ1) is 28.3. The van der Waals surface area contributed by atoms with E-state index in [0.717, 1.165) is 49.5 Å². The van der Waals surface area contributed by atoms with Gasteiger partial charge in [-0.05, 0) is 127 Å². The summed E-state index contributed by atoms with van der Waals surface area (Å²) >= 11 is 0. The summed E-state index contributed by atoms with van der Waals surface area (Å²) in [6, 6.07) is 0. The lowest BCUT2D eigenvalue weighted by Gasteiger charge is -2.42. The SMILES string of the molecule is C=C1/C(=C\C=C2/CCCC3(C)C(CCCCC(C)(C)O)CCC23)CCCC1O.CC(C)(C)O. The Morgan fingerprint density at radius 1 is 0.970 bits per heavy atom. The molecule has 0 spiro atoms. The van der Waals surface area contributed by atoms with Gasteiger partial charge in [-0.25, -0.2) is 0 Å². The molecule has 3 aliphatic rings. The molecule has 3 heteroatoms. The van der Waals surface area contributed by atoms with Crippen LogP contribution in [-0.2, 0) is 0 Å². The van der Waals surface area contributed by atoms with E-state index in [2.05, 4.69) is 25.7 Å². The zero-order valence-corrected chi connectivity index (χ0v) is 22.4. The van der Waals surface area contributed by atoms with Crippen LogP contribution >= 0.6 is 0 Å². The van der Waals surface area contributed by atoms with E-state index >= 15 is 0 Å². The molecular weight excluding hydrogens is 408 g/mol. The molecule has 0 bridgehead atoms. The molecular formula is C30H52O3. The lowest BCUT2D eigenvalue weighted by Crippen LogP contribution is -2.33. The van der Waals surface area contributed by atoms with Crippen LogP contribution in [0.2, 0.25) is 0 Å². The van der Waals surface area contributed by atoms with Gasteiger partial charge in [-0.2, -0.15) is 0 Å². The summed E-state index contributed by atoms with van der Waals surface area (Å²) in [5.41, 5.74) is 3.29. The maximum atomic E-state index is 10.1. The summed E-state index contributed by atoms with van der Waals surface area (Å²) in [5.74, 6) is 1.57. The molecule has 3 saturated carbocycles. The van der Waals surface area contributed by atoms with Crippen molar-refractivity contribution in [3.05, 3.63) is 35.5 Å². The number of aliphatic hydroxyl groups is 3. The van der Waals surface area contributed by atoms with Gasteiger partial charge >= 0.3 is 0 Å². The van der Waals surface area contributed by atoms with Gasteiger partial charge in [0.2, 0.25) is 0 Å². The van der Waals surface area contributed by atoms with Gasteiger partial charge in [0.25, 0.3) is 0 Å². The molecule has 3 nitrogen and oxygen atoms in total. The third-order valence-electron chi connectivity index (χ3n) is 7.99. The van der Waals surface area contributed by atoms with Crippen LogP contribution in [0.1, 0.15) is 119 Å². The fourth-order valence-electron chi connectivity index (χ4n) is 6.20. The monoisotopic (exact) mass is 460 g/mol. The van der Waals surface area contributed by atoms with Crippen molar-refractivity contribution in [1.82, 2.24) is 0 Å². The summed E-state index contributed by atoms with van der Waals surface area (Å²) in [4.78, 5) is 0. The second kappa shape index (κ2) is 11.7. The van der Waals surface area contributed by atoms with Crippen molar-refractivity contribution in [3.8, 4) is 0 Å². The van der Waals surface area contributed by atoms with E-state index < -0.39 is 11.2 Å². The van der Waals surface area contributed by atoms with Crippen LogP contribution in [-0.4, -0.2) is 32.6 Å². The Kier molecular flexibility index (Phi) is 10.0. The molecule has 4 atom stereocenters. The third kappa shape index (κ3) is 9.00. The van der Waals surface area contributed by atoms with Crippen LogP contribution in [0.25, 0.3) is 0 Å². The van der Waals surface area contributed by atoms with E-state index in [1.54, 1.807) is 26.3 Å². The average Bonchev–Trinajstić information content (AvgIpc) is 3.01. The van der Waals surface area contributed by atoms with Gasteiger partial charge in [0.15, 0.2) is 0 Å². The largest absolute Gasteiger partial charge is 0.391 e. The van der Waals surface area contributed by atoms with Crippen LogP contribution in [0, 0.1) is 17.3 Å². The van der Waals surface area contributed by atoms with Gasteiger partial charge in [0, 0.05) is 0 Å². The van der Waals surface area contributed by atoms with Crippen molar-refractivity contribution in [2.75, 3.05) is 0 Å². The Morgan fingerprint density at radius 2 is 1.64 bits per heavy atom. The quantitative estimate of drug-likeness (QED) is 0.365. The van der Waals surface area contributed by atoms with E-state index in [0.29, 0.717) is 5.41 Å². The van der Waals surface area contributed by atoms with Gasteiger partial charge in [-0.3, -0.25) is 0 Å². The Labute approximate surface area is 204 Å². The fourth-order valence-corrected chi connectivity index (χ4v) is 6.20. The lowest BCUT2D eigenvalue weighted by atomic mass is 9.62. The molecule has 0 aromatic carbocycles. The van der Waals surface area contributed by atoms with E-state index in [9.17, 15) is 10.2 Å². The van der Waals surface area contributed by atoms with Crippen molar-refractivity contribution >= 4 is 0 Å². The number of hydrogen-bond acceptors (Lipinski definition) is 3.